The number of unbranched alkanes of at least 4 members (excludes halogenated alkanes) is 2. The number of carbonyl (C=O) groups excluding carboxylic acids is 2. The smallest absolute Gasteiger partial charge is 0.193 e. The van der Waals surface area contributed by atoms with Gasteiger partial charge in [-0.3, -0.25) is 9.59 Å². The molecule has 132 valence electrons. The molecule has 0 aromatic heterocycles. The van der Waals surface area contributed by atoms with E-state index in [2.05, 4.69) is 20.8 Å². The Morgan fingerprint density at radius 1 is 0.920 bits per heavy atom. The molecule has 0 N–H and O–H groups in total. The van der Waals surface area contributed by atoms with Crippen molar-refractivity contribution >= 4 is 11.6 Å². The zero-order valence-electron chi connectivity index (χ0n) is 15.5. The fraction of sp³-hybridized carbons (Fsp3) is 0.391. The van der Waals surface area contributed by atoms with E-state index in [1.165, 1.54) is 0 Å². The van der Waals surface area contributed by atoms with Crippen molar-refractivity contribution < 1.29 is 9.59 Å². The van der Waals surface area contributed by atoms with Gasteiger partial charge in [0.25, 0.3) is 0 Å². The molecule has 0 heterocycles. The van der Waals surface area contributed by atoms with Crippen LogP contribution in [0.2, 0.25) is 0 Å². The first kappa shape index (κ1) is 19.1. The van der Waals surface area contributed by atoms with E-state index in [0.717, 1.165) is 31.2 Å². The third-order valence-corrected chi connectivity index (χ3v) is 4.35. The molecular formula is C23H28O2. The molecule has 0 bridgehead atoms. The highest BCUT2D eigenvalue weighted by atomic mass is 16.1. The number of benzene rings is 2. The number of hydrogen-bond acceptors (Lipinski definition) is 2. The second-order valence-corrected chi connectivity index (χ2v) is 7.01. The molecule has 0 aliphatic carbocycles. The first-order valence-corrected chi connectivity index (χ1v) is 9.29. The minimum absolute atomic E-state index is 0.0648. The molecule has 0 saturated carbocycles. The predicted molar refractivity (Wildman–Crippen MR) is 103 cm³/mol. The highest BCUT2D eigenvalue weighted by Crippen LogP contribution is 2.24. The second kappa shape index (κ2) is 9.31. The van der Waals surface area contributed by atoms with Crippen LogP contribution in [-0.4, -0.2) is 11.6 Å². The molecule has 2 heteroatoms. The van der Waals surface area contributed by atoms with Crippen LogP contribution < -0.4 is 0 Å². The van der Waals surface area contributed by atoms with Crippen LogP contribution in [0, 0.1) is 5.92 Å². The molecule has 25 heavy (non-hydrogen) atoms. The Labute approximate surface area is 151 Å². The zero-order valence-corrected chi connectivity index (χ0v) is 15.5. The summed E-state index contributed by atoms with van der Waals surface area (Å²) in [6.45, 7) is 6.40. The van der Waals surface area contributed by atoms with Gasteiger partial charge >= 0.3 is 0 Å². The van der Waals surface area contributed by atoms with Gasteiger partial charge in [0.05, 0.1) is 0 Å². The molecule has 0 atom stereocenters. The van der Waals surface area contributed by atoms with E-state index < -0.39 is 0 Å². The number of hydrogen-bond donors (Lipinski definition) is 0. The lowest BCUT2D eigenvalue weighted by atomic mass is 9.87. The maximum atomic E-state index is 13.0. The van der Waals surface area contributed by atoms with E-state index in [4.69, 9.17) is 0 Å². The topological polar surface area (TPSA) is 34.1 Å². The molecule has 0 aliphatic heterocycles. The van der Waals surface area contributed by atoms with Crippen molar-refractivity contribution in [3.63, 3.8) is 0 Å². The van der Waals surface area contributed by atoms with Crippen molar-refractivity contribution in [2.75, 3.05) is 0 Å². The Hall–Kier alpha value is -2.22. The normalized spacial score (nSPS) is 10.9. The molecule has 0 amide bonds. The Kier molecular flexibility index (Phi) is 7.12. The van der Waals surface area contributed by atoms with Gasteiger partial charge in [-0.25, -0.2) is 0 Å². The van der Waals surface area contributed by atoms with Crippen LogP contribution >= 0.6 is 0 Å². The maximum absolute atomic E-state index is 13.0. The van der Waals surface area contributed by atoms with Crippen LogP contribution in [0.1, 0.15) is 78.3 Å². The lowest BCUT2D eigenvalue weighted by Gasteiger charge is -2.15. The summed E-state index contributed by atoms with van der Waals surface area (Å²) in [4.78, 5) is 25.9. The maximum Gasteiger partial charge on any atom is 0.193 e. The summed E-state index contributed by atoms with van der Waals surface area (Å²) in [6.07, 6.45) is 4.32. The molecule has 0 saturated heterocycles. The number of ketones is 2. The summed E-state index contributed by atoms with van der Waals surface area (Å²) in [5.41, 5.74) is 2.82. The van der Waals surface area contributed by atoms with E-state index in [9.17, 15) is 9.59 Å². The van der Waals surface area contributed by atoms with Gasteiger partial charge in [-0.1, -0.05) is 82.1 Å². The summed E-state index contributed by atoms with van der Waals surface area (Å²) >= 11 is 0. The summed E-state index contributed by atoms with van der Waals surface area (Å²) in [7, 11) is 0. The first-order chi connectivity index (χ1) is 12.0. The minimum Gasteiger partial charge on any atom is -0.294 e. The van der Waals surface area contributed by atoms with Gasteiger partial charge in [0.15, 0.2) is 11.6 Å². The molecule has 2 aromatic rings. The van der Waals surface area contributed by atoms with Gasteiger partial charge in [-0.15, -0.1) is 0 Å². The van der Waals surface area contributed by atoms with Crippen LogP contribution in [0.15, 0.2) is 48.5 Å². The van der Waals surface area contributed by atoms with Gasteiger partial charge in [-0.2, -0.15) is 0 Å². The first-order valence-electron chi connectivity index (χ1n) is 9.29. The third-order valence-electron chi connectivity index (χ3n) is 4.35. The summed E-state index contributed by atoms with van der Waals surface area (Å²) in [5.74, 6) is 0.471. The number of rotatable bonds is 9. The van der Waals surface area contributed by atoms with Crippen LogP contribution in [0.3, 0.4) is 0 Å². The van der Waals surface area contributed by atoms with Crippen molar-refractivity contribution in [1.82, 2.24) is 0 Å². The van der Waals surface area contributed by atoms with Crippen LogP contribution in [-0.2, 0) is 6.42 Å². The van der Waals surface area contributed by atoms with E-state index in [0.29, 0.717) is 29.0 Å². The zero-order chi connectivity index (χ0) is 18.2. The van der Waals surface area contributed by atoms with Crippen molar-refractivity contribution in [1.29, 1.82) is 0 Å². The summed E-state index contributed by atoms with van der Waals surface area (Å²) in [5, 5.41) is 0. The number of carbonyl (C=O) groups is 2. The summed E-state index contributed by atoms with van der Waals surface area (Å²) < 4.78 is 0. The molecular weight excluding hydrogens is 308 g/mol. The molecule has 0 fully saturated rings. The SMILES string of the molecule is CCCCCC(=O)c1c(CC(C)C)cccc1C(=O)c1ccccc1. The Morgan fingerprint density at radius 2 is 1.64 bits per heavy atom. The summed E-state index contributed by atoms with van der Waals surface area (Å²) in [6, 6.07) is 14.9. The van der Waals surface area contributed by atoms with E-state index in [1.807, 2.05) is 42.5 Å². The molecule has 0 spiro atoms. The Morgan fingerprint density at radius 3 is 2.28 bits per heavy atom. The number of Topliss-reactive ketones (excluding diaryl/α,β-unsaturated/α-hetero) is 1. The fourth-order valence-electron chi connectivity index (χ4n) is 3.13. The van der Waals surface area contributed by atoms with Gasteiger partial charge in [0.2, 0.25) is 0 Å². The highest BCUT2D eigenvalue weighted by molar-refractivity contribution is 6.16. The van der Waals surface area contributed by atoms with Crippen molar-refractivity contribution in [2.24, 2.45) is 5.92 Å². The average Bonchev–Trinajstić information content (AvgIpc) is 2.61. The molecule has 2 rings (SSSR count). The molecule has 2 nitrogen and oxygen atoms in total. The Bertz CT molecular complexity index is 714. The monoisotopic (exact) mass is 336 g/mol. The van der Waals surface area contributed by atoms with Gasteiger partial charge in [0.1, 0.15) is 0 Å². The van der Waals surface area contributed by atoms with Gasteiger partial charge < -0.3 is 0 Å². The van der Waals surface area contributed by atoms with Crippen LogP contribution in [0.25, 0.3) is 0 Å². The van der Waals surface area contributed by atoms with E-state index in [-0.39, 0.29) is 11.6 Å². The van der Waals surface area contributed by atoms with Gasteiger partial charge in [-0.05, 0) is 24.3 Å². The van der Waals surface area contributed by atoms with Crippen LogP contribution in [0.4, 0.5) is 0 Å². The third kappa shape index (κ3) is 5.12. The standard InChI is InChI=1S/C23H28O2/c1-4-5-7-15-21(24)22-19(16-17(2)3)13-10-14-20(22)23(25)18-11-8-6-9-12-18/h6,8-14,17H,4-5,7,15-16H2,1-3H3. The largest absolute Gasteiger partial charge is 0.294 e. The highest BCUT2D eigenvalue weighted by Gasteiger charge is 2.21. The average molecular weight is 336 g/mol. The van der Waals surface area contributed by atoms with Crippen LogP contribution in [0.5, 0.6) is 0 Å². The quantitative estimate of drug-likeness (QED) is 0.423. The molecule has 0 aliphatic rings. The lowest BCUT2D eigenvalue weighted by Crippen LogP contribution is -2.14. The predicted octanol–water partition coefficient (Wildman–Crippen LogP) is 5.88. The van der Waals surface area contributed by atoms with E-state index in [1.54, 1.807) is 6.07 Å². The van der Waals surface area contributed by atoms with E-state index >= 15 is 0 Å². The lowest BCUT2D eigenvalue weighted by molar-refractivity contribution is 0.0963. The molecule has 2 aromatic carbocycles. The Balaban J connectivity index is 2.44. The minimum atomic E-state index is -0.0648. The molecule has 0 radical (unpaired) electrons. The van der Waals surface area contributed by atoms with Crippen molar-refractivity contribution in [3.05, 3.63) is 70.8 Å². The fourth-order valence-corrected chi connectivity index (χ4v) is 3.13. The second-order valence-electron chi connectivity index (χ2n) is 7.01. The van der Waals surface area contributed by atoms with Crippen molar-refractivity contribution in [3.8, 4) is 0 Å². The van der Waals surface area contributed by atoms with Gasteiger partial charge in [0, 0.05) is 23.1 Å². The molecule has 0 unspecified atom stereocenters. The van der Waals surface area contributed by atoms with Crippen molar-refractivity contribution in [2.45, 2.75) is 52.9 Å².